The van der Waals surface area contributed by atoms with Crippen molar-refractivity contribution in [3.8, 4) is 0 Å². The molecule has 0 aromatic heterocycles. The van der Waals surface area contributed by atoms with Gasteiger partial charge in [0.2, 0.25) is 0 Å². The minimum absolute atomic E-state index is 0.544. The Morgan fingerprint density at radius 3 is 2.45 bits per heavy atom. The SMILES string of the molecule is CCCCC(NCCCCCCSC)c1ccccc1. The van der Waals surface area contributed by atoms with E-state index in [1.807, 2.05) is 11.8 Å². The Hall–Kier alpha value is -0.470. The van der Waals surface area contributed by atoms with Gasteiger partial charge in [0, 0.05) is 6.04 Å². The van der Waals surface area contributed by atoms with Gasteiger partial charge in [-0.1, -0.05) is 62.9 Å². The lowest BCUT2D eigenvalue weighted by molar-refractivity contribution is 0.468. The molecule has 1 aromatic carbocycles. The zero-order valence-electron chi connectivity index (χ0n) is 13.2. The minimum atomic E-state index is 0.544. The average Bonchev–Trinajstić information content (AvgIpc) is 2.50. The molecule has 0 aliphatic heterocycles. The van der Waals surface area contributed by atoms with Crippen molar-refractivity contribution in [1.82, 2.24) is 5.32 Å². The minimum Gasteiger partial charge on any atom is -0.310 e. The highest BCUT2D eigenvalue weighted by Crippen LogP contribution is 2.19. The fourth-order valence-corrected chi connectivity index (χ4v) is 2.97. The number of nitrogens with one attached hydrogen (secondary N) is 1. The first-order chi connectivity index (χ1) is 9.88. The quantitative estimate of drug-likeness (QED) is 0.516. The highest BCUT2D eigenvalue weighted by Gasteiger charge is 2.09. The fourth-order valence-electron chi connectivity index (χ4n) is 2.48. The summed E-state index contributed by atoms with van der Waals surface area (Å²) >= 11 is 1.96. The number of unbranched alkanes of at least 4 members (excludes halogenated alkanes) is 4. The van der Waals surface area contributed by atoms with E-state index in [9.17, 15) is 0 Å². The van der Waals surface area contributed by atoms with E-state index in [2.05, 4.69) is 48.8 Å². The zero-order valence-corrected chi connectivity index (χ0v) is 14.1. The van der Waals surface area contributed by atoms with E-state index >= 15 is 0 Å². The van der Waals surface area contributed by atoms with Crippen LogP contribution in [0.5, 0.6) is 0 Å². The zero-order chi connectivity index (χ0) is 14.5. The van der Waals surface area contributed by atoms with Crippen LogP contribution < -0.4 is 5.32 Å². The molecule has 0 amide bonds. The Morgan fingerprint density at radius 2 is 1.75 bits per heavy atom. The van der Waals surface area contributed by atoms with Crippen LogP contribution in [0.1, 0.15) is 63.5 Å². The molecule has 0 bridgehead atoms. The molecule has 1 nitrogen and oxygen atoms in total. The van der Waals surface area contributed by atoms with Crippen LogP contribution in [-0.4, -0.2) is 18.6 Å². The van der Waals surface area contributed by atoms with Crippen molar-refractivity contribution in [3.63, 3.8) is 0 Å². The van der Waals surface area contributed by atoms with E-state index in [4.69, 9.17) is 0 Å². The van der Waals surface area contributed by atoms with Gasteiger partial charge in [-0.3, -0.25) is 0 Å². The molecule has 0 spiro atoms. The molecule has 1 rings (SSSR count). The first kappa shape index (κ1) is 17.6. The molecule has 114 valence electrons. The van der Waals surface area contributed by atoms with Gasteiger partial charge in [-0.15, -0.1) is 0 Å². The van der Waals surface area contributed by atoms with Crippen LogP contribution in [0.2, 0.25) is 0 Å². The van der Waals surface area contributed by atoms with Crippen molar-refractivity contribution in [3.05, 3.63) is 35.9 Å². The van der Waals surface area contributed by atoms with E-state index in [0.29, 0.717) is 6.04 Å². The molecule has 1 unspecified atom stereocenters. The van der Waals surface area contributed by atoms with Crippen molar-refractivity contribution < 1.29 is 0 Å². The van der Waals surface area contributed by atoms with Gasteiger partial charge in [0.05, 0.1) is 0 Å². The summed E-state index contributed by atoms with van der Waals surface area (Å²) in [5.74, 6) is 1.32. The van der Waals surface area contributed by atoms with Crippen LogP contribution in [0.25, 0.3) is 0 Å². The van der Waals surface area contributed by atoms with Crippen molar-refractivity contribution in [1.29, 1.82) is 0 Å². The monoisotopic (exact) mass is 293 g/mol. The van der Waals surface area contributed by atoms with E-state index in [-0.39, 0.29) is 0 Å². The Kier molecular flexibility index (Phi) is 10.8. The van der Waals surface area contributed by atoms with Gasteiger partial charge in [-0.2, -0.15) is 11.8 Å². The predicted octanol–water partition coefficient (Wildman–Crippen LogP) is 5.43. The molecule has 0 aliphatic carbocycles. The molecule has 0 saturated carbocycles. The lowest BCUT2D eigenvalue weighted by atomic mass is 10.0. The molecule has 0 fully saturated rings. The van der Waals surface area contributed by atoms with Crippen molar-refractivity contribution >= 4 is 11.8 Å². The largest absolute Gasteiger partial charge is 0.310 e. The number of hydrogen-bond acceptors (Lipinski definition) is 2. The molecule has 0 radical (unpaired) electrons. The molecular weight excluding hydrogens is 262 g/mol. The Morgan fingerprint density at radius 1 is 1.00 bits per heavy atom. The van der Waals surface area contributed by atoms with Gasteiger partial charge in [0.1, 0.15) is 0 Å². The van der Waals surface area contributed by atoms with Crippen LogP contribution in [-0.2, 0) is 0 Å². The number of benzene rings is 1. The molecule has 20 heavy (non-hydrogen) atoms. The molecule has 0 aliphatic rings. The van der Waals surface area contributed by atoms with Gasteiger partial charge < -0.3 is 5.32 Å². The fraction of sp³-hybridized carbons (Fsp3) is 0.667. The summed E-state index contributed by atoms with van der Waals surface area (Å²) in [5.41, 5.74) is 1.45. The van der Waals surface area contributed by atoms with Gasteiger partial charge in [-0.05, 0) is 43.4 Å². The van der Waals surface area contributed by atoms with Crippen LogP contribution in [0.4, 0.5) is 0 Å². The summed E-state index contributed by atoms with van der Waals surface area (Å²) in [5, 5.41) is 3.76. The second-order valence-corrected chi connectivity index (χ2v) is 6.45. The maximum atomic E-state index is 3.76. The van der Waals surface area contributed by atoms with E-state index in [0.717, 1.165) is 6.54 Å². The Balaban J connectivity index is 2.24. The highest BCUT2D eigenvalue weighted by molar-refractivity contribution is 7.98. The normalized spacial score (nSPS) is 12.5. The van der Waals surface area contributed by atoms with Crippen LogP contribution in [0.15, 0.2) is 30.3 Å². The number of hydrogen-bond donors (Lipinski definition) is 1. The topological polar surface area (TPSA) is 12.0 Å². The third kappa shape index (κ3) is 7.96. The Labute approximate surface area is 129 Å². The first-order valence-corrected chi connectivity index (χ1v) is 9.55. The number of thioether (sulfide) groups is 1. The molecule has 0 heterocycles. The summed E-state index contributed by atoms with van der Waals surface area (Å²) in [6, 6.07) is 11.5. The third-order valence-corrected chi connectivity index (χ3v) is 4.41. The maximum Gasteiger partial charge on any atom is 0.0320 e. The van der Waals surface area contributed by atoms with Gasteiger partial charge in [0.25, 0.3) is 0 Å². The van der Waals surface area contributed by atoms with Crippen LogP contribution in [0.3, 0.4) is 0 Å². The van der Waals surface area contributed by atoms with E-state index in [1.54, 1.807) is 0 Å². The second kappa shape index (κ2) is 12.3. The van der Waals surface area contributed by atoms with Crippen molar-refractivity contribution in [2.24, 2.45) is 0 Å². The molecule has 1 N–H and O–H groups in total. The van der Waals surface area contributed by atoms with Gasteiger partial charge in [-0.25, -0.2) is 0 Å². The van der Waals surface area contributed by atoms with Crippen LogP contribution >= 0.6 is 11.8 Å². The predicted molar refractivity (Wildman–Crippen MR) is 93.6 cm³/mol. The summed E-state index contributed by atoms with van der Waals surface area (Å²) in [6.45, 7) is 3.43. The van der Waals surface area contributed by atoms with Crippen LogP contribution in [0, 0.1) is 0 Å². The summed E-state index contributed by atoms with van der Waals surface area (Å²) in [4.78, 5) is 0. The standard InChI is InChI=1S/C18H31NS/c1-3-4-14-18(17-12-8-7-9-13-17)19-15-10-5-6-11-16-20-2/h7-9,12-13,18-19H,3-6,10-11,14-16H2,1-2H3. The highest BCUT2D eigenvalue weighted by atomic mass is 32.2. The third-order valence-electron chi connectivity index (χ3n) is 3.71. The summed E-state index contributed by atoms with van der Waals surface area (Å²) in [6.07, 6.45) is 11.5. The molecule has 0 saturated heterocycles. The molecule has 1 aromatic rings. The van der Waals surface area contributed by atoms with E-state index < -0.39 is 0 Å². The summed E-state index contributed by atoms with van der Waals surface area (Å²) in [7, 11) is 0. The molecular formula is C18H31NS. The van der Waals surface area contributed by atoms with E-state index in [1.165, 1.54) is 56.3 Å². The lowest BCUT2D eigenvalue weighted by Gasteiger charge is -2.19. The van der Waals surface area contributed by atoms with Gasteiger partial charge >= 0.3 is 0 Å². The second-order valence-electron chi connectivity index (χ2n) is 5.47. The molecule has 1 atom stereocenters. The van der Waals surface area contributed by atoms with Crippen molar-refractivity contribution in [2.75, 3.05) is 18.6 Å². The first-order valence-electron chi connectivity index (χ1n) is 8.15. The molecule has 2 heteroatoms. The smallest absolute Gasteiger partial charge is 0.0320 e. The Bertz CT molecular complexity index is 312. The summed E-state index contributed by atoms with van der Waals surface area (Å²) < 4.78 is 0. The van der Waals surface area contributed by atoms with Gasteiger partial charge in [0.15, 0.2) is 0 Å². The maximum absolute atomic E-state index is 3.76. The average molecular weight is 294 g/mol. The lowest BCUT2D eigenvalue weighted by Crippen LogP contribution is -2.22. The number of rotatable bonds is 12. The van der Waals surface area contributed by atoms with Crippen molar-refractivity contribution in [2.45, 2.75) is 57.9 Å².